The number of hydrogen-bond acceptors (Lipinski definition) is 4. The molecule has 4 aliphatic rings. The van der Waals surface area contributed by atoms with Gasteiger partial charge in [0.25, 0.3) is 0 Å². The third kappa shape index (κ3) is 4.29. The fraction of sp³-hybridized carbons (Fsp3) is 0.742. The van der Waals surface area contributed by atoms with Gasteiger partial charge in [-0.05, 0) is 111 Å². The van der Waals surface area contributed by atoms with E-state index in [9.17, 15) is 19.8 Å². The SMILES string of the molecule is C[C@@H](CCC(=O)O)[C@H]1CC[C@H]2[C@@H]3CC[C@H]4C[C@H](O)CC[C@]4(C)[C@H]3C[C@H](OC(=O)c3ccccc3)[C@]12C. The highest BCUT2D eigenvalue weighted by Gasteiger charge is 2.65. The molecule has 0 amide bonds. The Labute approximate surface area is 216 Å². The van der Waals surface area contributed by atoms with Crippen molar-refractivity contribution in [3.63, 3.8) is 0 Å². The molecule has 4 fully saturated rings. The molecule has 198 valence electrons. The van der Waals surface area contributed by atoms with E-state index in [1.54, 1.807) is 0 Å². The average Bonchev–Trinajstić information content (AvgIpc) is 3.22. The van der Waals surface area contributed by atoms with Gasteiger partial charge in [0, 0.05) is 11.8 Å². The number of aliphatic carboxylic acids is 1. The molecule has 0 spiro atoms. The van der Waals surface area contributed by atoms with Crippen molar-refractivity contribution in [2.45, 2.75) is 97.2 Å². The topological polar surface area (TPSA) is 83.8 Å². The first kappa shape index (κ1) is 25.8. The molecule has 36 heavy (non-hydrogen) atoms. The zero-order chi connectivity index (χ0) is 25.7. The summed E-state index contributed by atoms with van der Waals surface area (Å²) in [6.07, 6.45) is 8.88. The van der Waals surface area contributed by atoms with Crippen LogP contribution in [0.4, 0.5) is 0 Å². The van der Waals surface area contributed by atoms with Crippen LogP contribution in [0.25, 0.3) is 0 Å². The van der Waals surface area contributed by atoms with Gasteiger partial charge in [0.05, 0.1) is 11.7 Å². The molecule has 0 heterocycles. The molecular formula is C31H44O5. The molecule has 1 aromatic carbocycles. The van der Waals surface area contributed by atoms with Crippen LogP contribution in [-0.2, 0) is 9.53 Å². The number of esters is 1. The van der Waals surface area contributed by atoms with Gasteiger partial charge in [-0.2, -0.15) is 0 Å². The Kier molecular flexibility index (Phi) is 6.99. The zero-order valence-corrected chi connectivity index (χ0v) is 22.2. The van der Waals surface area contributed by atoms with Crippen molar-refractivity contribution in [3.05, 3.63) is 35.9 Å². The lowest BCUT2D eigenvalue weighted by atomic mass is 9.43. The van der Waals surface area contributed by atoms with Crippen LogP contribution in [0.2, 0.25) is 0 Å². The Morgan fingerprint density at radius 1 is 1.03 bits per heavy atom. The van der Waals surface area contributed by atoms with Crippen molar-refractivity contribution in [1.82, 2.24) is 0 Å². The van der Waals surface area contributed by atoms with Crippen LogP contribution in [-0.4, -0.2) is 34.4 Å². The standard InChI is InChI=1S/C31H44O5/c1-19(9-14-28(33)34)24-12-13-25-23-11-10-21-17-22(32)15-16-30(21,2)26(23)18-27(31(24,25)3)36-29(35)20-7-5-4-6-8-20/h4-8,19,21-27,32H,9-18H2,1-3H3,(H,33,34)/t19-,21-,22+,23-,24+,25-,26-,27-,30-,31+/m0/s1. The summed E-state index contributed by atoms with van der Waals surface area (Å²) in [7, 11) is 0. The predicted molar refractivity (Wildman–Crippen MR) is 138 cm³/mol. The molecule has 5 nitrogen and oxygen atoms in total. The Hall–Kier alpha value is -1.88. The molecule has 5 rings (SSSR count). The second-order valence-corrected chi connectivity index (χ2v) is 13.0. The van der Waals surface area contributed by atoms with Gasteiger partial charge in [-0.1, -0.05) is 39.0 Å². The van der Waals surface area contributed by atoms with Crippen LogP contribution in [0.5, 0.6) is 0 Å². The first-order chi connectivity index (χ1) is 17.1. The summed E-state index contributed by atoms with van der Waals surface area (Å²) >= 11 is 0. The van der Waals surface area contributed by atoms with Crippen molar-refractivity contribution in [2.24, 2.45) is 46.3 Å². The molecule has 4 saturated carbocycles. The van der Waals surface area contributed by atoms with Crippen LogP contribution >= 0.6 is 0 Å². The molecule has 0 aromatic heterocycles. The predicted octanol–water partition coefficient (Wildman–Crippen LogP) is 6.34. The first-order valence-corrected chi connectivity index (χ1v) is 14.3. The summed E-state index contributed by atoms with van der Waals surface area (Å²) in [4.78, 5) is 24.7. The molecule has 0 saturated heterocycles. The summed E-state index contributed by atoms with van der Waals surface area (Å²) in [6.45, 7) is 7.04. The van der Waals surface area contributed by atoms with Crippen LogP contribution in [0, 0.1) is 46.3 Å². The molecule has 0 radical (unpaired) electrons. The maximum absolute atomic E-state index is 13.4. The summed E-state index contributed by atoms with van der Waals surface area (Å²) < 4.78 is 6.49. The van der Waals surface area contributed by atoms with Gasteiger partial charge in [0.1, 0.15) is 6.10 Å². The smallest absolute Gasteiger partial charge is 0.338 e. The van der Waals surface area contributed by atoms with E-state index in [1.165, 1.54) is 12.8 Å². The molecule has 2 N–H and O–H groups in total. The van der Waals surface area contributed by atoms with Gasteiger partial charge in [-0.25, -0.2) is 4.79 Å². The first-order valence-electron chi connectivity index (χ1n) is 14.3. The minimum Gasteiger partial charge on any atom is -0.481 e. The third-order valence-corrected chi connectivity index (χ3v) is 11.5. The number of carbonyl (C=O) groups excluding carboxylic acids is 1. The van der Waals surface area contributed by atoms with Crippen molar-refractivity contribution < 1.29 is 24.5 Å². The Morgan fingerprint density at radius 2 is 1.78 bits per heavy atom. The Balaban J connectivity index is 1.48. The molecule has 0 bridgehead atoms. The van der Waals surface area contributed by atoms with E-state index in [-0.39, 0.29) is 41.3 Å². The number of carboxylic acids is 1. The van der Waals surface area contributed by atoms with E-state index in [2.05, 4.69) is 20.8 Å². The lowest BCUT2D eigenvalue weighted by molar-refractivity contribution is -0.176. The van der Waals surface area contributed by atoms with Crippen molar-refractivity contribution >= 4 is 11.9 Å². The van der Waals surface area contributed by atoms with Crippen molar-refractivity contribution in [1.29, 1.82) is 0 Å². The van der Waals surface area contributed by atoms with Crippen LogP contribution < -0.4 is 0 Å². The lowest BCUT2D eigenvalue weighted by Gasteiger charge is -2.62. The number of ether oxygens (including phenoxy) is 1. The fourth-order valence-corrected chi connectivity index (χ4v) is 9.63. The van der Waals surface area contributed by atoms with E-state index in [4.69, 9.17) is 4.74 Å². The van der Waals surface area contributed by atoms with E-state index < -0.39 is 5.97 Å². The Morgan fingerprint density at radius 3 is 2.50 bits per heavy atom. The highest BCUT2D eigenvalue weighted by atomic mass is 16.5. The number of fused-ring (bicyclic) bond motifs is 5. The average molecular weight is 497 g/mol. The van der Waals surface area contributed by atoms with Gasteiger partial charge in [-0.15, -0.1) is 0 Å². The largest absolute Gasteiger partial charge is 0.481 e. The minimum atomic E-state index is -0.733. The van der Waals surface area contributed by atoms with Gasteiger partial charge >= 0.3 is 11.9 Å². The second-order valence-electron chi connectivity index (χ2n) is 13.0. The summed E-state index contributed by atoms with van der Waals surface area (Å²) in [5.74, 6) is 1.83. The maximum Gasteiger partial charge on any atom is 0.338 e. The van der Waals surface area contributed by atoms with Crippen molar-refractivity contribution in [2.75, 3.05) is 0 Å². The number of benzene rings is 1. The number of aliphatic hydroxyl groups is 1. The summed E-state index contributed by atoms with van der Waals surface area (Å²) in [5, 5.41) is 19.7. The van der Waals surface area contributed by atoms with Gasteiger partial charge < -0.3 is 14.9 Å². The third-order valence-electron chi connectivity index (χ3n) is 11.5. The molecule has 5 heteroatoms. The van der Waals surface area contributed by atoms with E-state index in [1.807, 2.05) is 30.3 Å². The molecule has 4 aliphatic carbocycles. The molecule has 0 unspecified atom stereocenters. The van der Waals surface area contributed by atoms with E-state index >= 15 is 0 Å². The number of carbonyl (C=O) groups is 2. The molecule has 10 atom stereocenters. The minimum absolute atomic E-state index is 0.138. The van der Waals surface area contributed by atoms with Crippen molar-refractivity contribution in [3.8, 4) is 0 Å². The zero-order valence-electron chi connectivity index (χ0n) is 22.2. The quantitative estimate of drug-likeness (QED) is 0.449. The highest BCUT2D eigenvalue weighted by Crippen LogP contribution is 2.69. The van der Waals surface area contributed by atoms with E-state index in [0.717, 1.165) is 38.5 Å². The number of aliphatic hydroxyl groups excluding tert-OH is 1. The normalized spacial score (nSPS) is 42.5. The van der Waals surface area contributed by atoms with Gasteiger partial charge in [-0.3, -0.25) is 4.79 Å². The summed E-state index contributed by atoms with van der Waals surface area (Å²) in [6, 6.07) is 9.33. The molecule has 1 aromatic rings. The number of hydrogen-bond donors (Lipinski definition) is 2. The Bertz CT molecular complexity index is 961. The maximum atomic E-state index is 13.4. The van der Waals surface area contributed by atoms with Crippen LogP contribution in [0.3, 0.4) is 0 Å². The van der Waals surface area contributed by atoms with Gasteiger partial charge in [0.15, 0.2) is 0 Å². The molecular weight excluding hydrogens is 452 g/mol. The van der Waals surface area contributed by atoms with E-state index in [0.29, 0.717) is 41.6 Å². The molecule has 0 aliphatic heterocycles. The number of carboxylic acid groups (broad SMARTS) is 1. The monoisotopic (exact) mass is 496 g/mol. The van der Waals surface area contributed by atoms with Crippen LogP contribution in [0.1, 0.15) is 95.3 Å². The lowest BCUT2D eigenvalue weighted by Crippen LogP contribution is -2.59. The highest BCUT2D eigenvalue weighted by molar-refractivity contribution is 5.89. The number of rotatable bonds is 6. The second kappa shape index (κ2) is 9.78. The van der Waals surface area contributed by atoms with Crippen LogP contribution in [0.15, 0.2) is 30.3 Å². The summed E-state index contributed by atoms with van der Waals surface area (Å²) in [5.41, 5.74) is 0.649. The fourth-order valence-electron chi connectivity index (χ4n) is 9.63. The van der Waals surface area contributed by atoms with Gasteiger partial charge in [0.2, 0.25) is 0 Å².